The van der Waals surface area contributed by atoms with Gasteiger partial charge in [-0.2, -0.15) is 0 Å². The van der Waals surface area contributed by atoms with E-state index in [9.17, 15) is 0 Å². The van der Waals surface area contributed by atoms with E-state index in [1.807, 2.05) is 11.1 Å². The standard InChI is InChI=1S/C11H14N2O/c12-13-10-7-14-6-9(10)11(13)8-4-2-1-3-5-8/h1-5,9-11H,6-7,12H2/t9-,10+,11+/m0/s1. The zero-order chi connectivity index (χ0) is 9.54. The zero-order valence-corrected chi connectivity index (χ0v) is 7.97. The average molecular weight is 190 g/mol. The van der Waals surface area contributed by atoms with Crippen molar-refractivity contribution in [1.82, 2.24) is 5.01 Å². The van der Waals surface area contributed by atoms with Crippen LogP contribution in [0.5, 0.6) is 0 Å². The van der Waals surface area contributed by atoms with Crippen molar-refractivity contribution in [2.45, 2.75) is 12.1 Å². The number of hydrazine groups is 1. The van der Waals surface area contributed by atoms with Gasteiger partial charge in [0.2, 0.25) is 0 Å². The quantitative estimate of drug-likeness (QED) is 0.669. The number of ether oxygens (including phenoxy) is 1. The smallest absolute Gasteiger partial charge is 0.0640 e. The number of nitrogens with zero attached hydrogens (tertiary/aromatic N) is 1. The Hall–Kier alpha value is -0.900. The number of nitrogens with two attached hydrogens (primary N) is 1. The monoisotopic (exact) mass is 190 g/mol. The molecule has 0 spiro atoms. The topological polar surface area (TPSA) is 38.5 Å². The molecule has 3 nitrogen and oxygen atoms in total. The molecule has 2 heterocycles. The van der Waals surface area contributed by atoms with Crippen molar-refractivity contribution in [3.05, 3.63) is 35.9 Å². The molecule has 2 saturated heterocycles. The zero-order valence-electron chi connectivity index (χ0n) is 7.97. The molecule has 2 N–H and O–H groups in total. The van der Waals surface area contributed by atoms with E-state index in [0.29, 0.717) is 18.0 Å². The fraction of sp³-hybridized carbons (Fsp3) is 0.455. The summed E-state index contributed by atoms with van der Waals surface area (Å²) < 4.78 is 5.43. The minimum atomic E-state index is 0.365. The number of hydrogen-bond donors (Lipinski definition) is 1. The Balaban J connectivity index is 1.87. The van der Waals surface area contributed by atoms with Gasteiger partial charge in [-0.25, -0.2) is 5.01 Å². The minimum Gasteiger partial charge on any atom is -0.379 e. The van der Waals surface area contributed by atoms with E-state index in [0.717, 1.165) is 13.2 Å². The first-order valence-electron chi connectivity index (χ1n) is 5.03. The lowest BCUT2D eigenvalue weighted by molar-refractivity contribution is -0.0293. The maximum absolute atomic E-state index is 5.99. The molecule has 0 bridgehead atoms. The predicted molar refractivity (Wildman–Crippen MR) is 53.3 cm³/mol. The molecule has 2 aliphatic rings. The normalized spacial score (nSPS) is 36.5. The van der Waals surface area contributed by atoms with Crippen LogP contribution in [0.15, 0.2) is 30.3 Å². The Labute approximate surface area is 83.4 Å². The third-order valence-corrected chi connectivity index (χ3v) is 3.34. The maximum Gasteiger partial charge on any atom is 0.0640 e. The van der Waals surface area contributed by atoms with E-state index in [1.165, 1.54) is 5.56 Å². The van der Waals surface area contributed by atoms with Crippen molar-refractivity contribution < 1.29 is 4.74 Å². The van der Waals surface area contributed by atoms with Crippen LogP contribution in [0.2, 0.25) is 0 Å². The summed E-state index contributed by atoms with van der Waals surface area (Å²) in [7, 11) is 0. The molecule has 0 unspecified atom stereocenters. The molecule has 3 atom stereocenters. The summed E-state index contributed by atoms with van der Waals surface area (Å²) in [6.45, 7) is 1.66. The van der Waals surface area contributed by atoms with E-state index in [4.69, 9.17) is 10.6 Å². The summed E-state index contributed by atoms with van der Waals surface area (Å²) in [5, 5.41) is 1.94. The van der Waals surface area contributed by atoms with E-state index in [-0.39, 0.29) is 0 Å². The van der Waals surface area contributed by atoms with Gasteiger partial charge < -0.3 is 4.74 Å². The molecule has 0 amide bonds. The van der Waals surface area contributed by atoms with Crippen molar-refractivity contribution in [3.63, 3.8) is 0 Å². The van der Waals surface area contributed by atoms with E-state index >= 15 is 0 Å². The lowest BCUT2D eigenvalue weighted by Gasteiger charge is -2.48. The summed E-state index contributed by atoms with van der Waals surface area (Å²) in [6, 6.07) is 11.2. The second-order valence-electron chi connectivity index (χ2n) is 4.07. The molecule has 1 aromatic rings. The highest BCUT2D eigenvalue weighted by Gasteiger charge is 2.50. The summed E-state index contributed by atoms with van der Waals surface area (Å²) in [5.41, 5.74) is 1.31. The molecule has 3 rings (SSSR count). The van der Waals surface area contributed by atoms with Crippen LogP contribution in [-0.2, 0) is 4.74 Å². The fourth-order valence-electron chi connectivity index (χ4n) is 2.56. The van der Waals surface area contributed by atoms with Gasteiger partial charge >= 0.3 is 0 Å². The Kier molecular flexibility index (Phi) is 1.83. The van der Waals surface area contributed by atoms with Crippen molar-refractivity contribution in [3.8, 4) is 0 Å². The molecule has 0 aliphatic carbocycles. The number of hydrogen-bond acceptors (Lipinski definition) is 3. The fourth-order valence-corrected chi connectivity index (χ4v) is 2.56. The molecule has 74 valence electrons. The molecular formula is C11H14N2O. The van der Waals surface area contributed by atoms with Gasteiger partial charge in [0.25, 0.3) is 0 Å². The largest absolute Gasteiger partial charge is 0.379 e. The molecule has 2 fully saturated rings. The minimum absolute atomic E-state index is 0.365. The third kappa shape index (κ3) is 1.03. The molecule has 0 saturated carbocycles. The highest BCUT2D eigenvalue weighted by Crippen LogP contribution is 2.44. The SMILES string of the molecule is NN1[C@@H]2COC[C@@H]2[C@H]1c1ccccc1. The van der Waals surface area contributed by atoms with Crippen LogP contribution in [0.3, 0.4) is 0 Å². The van der Waals surface area contributed by atoms with Gasteiger partial charge in [0.1, 0.15) is 0 Å². The second kappa shape index (κ2) is 3.05. The van der Waals surface area contributed by atoms with Crippen LogP contribution in [-0.4, -0.2) is 24.3 Å². The summed E-state index contributed by atoms with van der Waals surface area (Å²) >= 11 is 0. The maximum atomic E-state index is 5.99. The first-order valence-corrected chi connectivity index (χ1v) is 5.03. The van der Waals surface area contributed by atoms with Crippen LogP contribution in [0, 0.1) is 5.92 Å². The van der Waals surface area contributed by atoms with Gasteiger partial charge in [-0.3, -0.25) is 5.84 Å². The molecule has 0 radical (unpaired) electrons. The molecule has 0 aromatic heterocycles. The number of benzene rings is 1. The number of fused-ring (bicyclic) bond motifs is 1. The lowest BCUT2D eigenvalue weighted by Crippen LogP contribution is -2.61. The van der Waals surface area contributed by atoms with E-state index in [2.05, 4.69) is 24.3 Å². The van der Waals surface area contributed by atoms with Crippen LogP contribution in [0.4, 0.5) is 0 Å². The first-order chi connectivity index (χ1) is 6.88. The summed E-state index contributed by atoms with van der Waals surface area (Å²) in [4.78, 5) is 0. The van der Waals surface area contributed by atoms with Gasteiger partial charge in [0.15, 0.2) is 0 Å². The molecule has 2 aliphatic heterocycles. The Morgan fingerprint density at radius 3 is 2.79 bits per heavy atom. The van der Waals surface area contributed by atoms with Gasteiger partial charge in [0, 0.05) is 5.92 Å². The van der Waals surface area contributed by atoms with Crippen molar-refractivity contribution in [2.75, 3.05) is 13.2 Å². The Morgan fingerprint density at radius 2 is 2.00 bits per heavy atom. The Morgan fingerprint density at radius 1 is 1.21 bits per heavy atom. The van der Waals surface area contributed by atoms with Gasteiger partial charge in [-0.1, -0.05) is 30.3 Å². The van der Waals surface area contributed by atoms with Crippen molar-refractivity contribution in [1.29, 1.82) is 0 Å². The van der Waals surface area contributed by atoms with E-state index in [1.54, 1.807) is 0 Å². The average Bonchev–Trinajstić information content (AvgIpc) is 2.63. The van der Waals surface area contributed by atoms with Crippen LogP contribution in [0.1, 0.15) is 11.6 Å². The molecule has 1 aromatic carbocycles. The first kappa shape index (κ1) is 8.41. The highest BCUT2D eigenvalue weighted by molar-refractivity contribution is 5.24. The predicted octanol–water partition coefficient (Wildman–Crippen LogP) is 0.932. The lowest BCUT2D eigenvalue weighted by atomic mass is 9.80. The van der Waals surface area contributed by atoms with Gasteiger partial charge in [-0.15, -0.1) is 0 Å². The number of rotatable bonds is 1. The van der Waals surface area contributed by atoms with Crippen LogP contribution in [0.25, 0.3) is 0 Å². The molecule has 3 heteroatoms. The highest BCUT2D eigenvalue weighted by atomic mass is 16.5. The molecular weight excluding hydrogens is 176 g/mol. The third-order valence-electron chi connectivity index (χ3n) is 3.34. The van der Waals surface area contributed by atoms with Crippen molar-refractivity contribution in [2.24, 2.45) is 11.8 Å². The van der Waals surface area contributed by atoms with E-state index < -0.39 is 0 Å². The summed E-state index contributed by atoms with van der Waals surface area (Å²) in [6.07, 6.45) is 0. The van der Waals surface area contributed by atoms with Crippen LogP contribution < -0.4 is 5.84 Å². The van der Waals surface area contributed by atoms with Gasteiger partial charge in [0.05, 0.1) is 25.3 Å². The second-order valence-corrected chi connectivity index (χ2v) is 4.07. The van der Waals surface area contributed by atoms with Crippen molar-refractivity contribution >= 4 is 0 Å². The molecule has 14 heavy (non-hydrogen) atoms. The van der Waals surface area contributed by atoms with Gasteiger partial charge in [-0.05, 0) is 5.56 Å². The Bertz CT molecular complexity index is 327. The summed E-state index contributed by atoms with van der Waals surface area (Å²) in [5.74, 6) is 6.59. The van der Waals surface area contributed by atoms with Crippen LogP contribution >= 0.6 is 0 Å².